The highest BCUT2D eigenvalue weighted by Crippen LogP contribution is 2.14. The predicted molar refractivity (Wildman–Crippen MR) is 129 cm³/mol. The van der Waals surface area contributed by atoms with Crippen molar-refractivity contribution < 1.29 is 19.1 Å². The largest absolute Gasteiger partial charge is 0.497 e. The Morgan fingerprint density at radius 3 is 2.03 bits per heavy atom. The lowest BCUT2D eigenvalue weighted by Crippen LogP contribution is -2.40. The molecule has 2 amide bonds. The molecule has 0 radical (unpaired) electrons. The number of benzene rings is 2. The van der Waals surface area contributed by atoms with Gasteiger partial charge in [0.05, 0.1) is 20.8 Å². The summed E-state index contributed by atoms with van der Waals surface area (Å²) in [4.78, 5) is 29.1. The molecule has 0 aliphatic carbocycles. The molecule has 1 fully saturated rings. The Morgan fingerprint density at radius 2 is 1.42 bits per heavy atom. The molecule has 178 valence electrons. The zero-order valence-corrected chi connectivity index (χ0v) is 19.7. The average Bonchev–Trinajstić information content (AvgIpc) is 3.09. The molecule has 2 aromatic rings. The highest BCUT2D eigenvalue weighted by atomic mass is 16.5. The highest BCUT2D eigenvalue weighted by molar-refractivity contribution is 5.78. The van der Waals surface area contributed by atoms with E-state index in [1.54, 1.807) is 14.2 Å². The molecule has 33 heavy (non-hydrogen) atoms. The summed E-state index contributed by atoms with van der Waals surface area (Å²) in [5.74, 6) is 1.86. The first-order chi connectivity index (χ1) is 16.1. The molecule has 1 aliphatic rings. The summed E-state index contributed by atoms with van der Waals surface area (Å²) in [6.07, 6.45) is 2.89. The van der Waals surface area contributed by atoms with Crippen LogP contribution in [0.15, 0.2) is 48.5 Å². The van der Waals surface area contributed by atoms with E-state index in [4.69, 9.17) is 9.47 Å². The molecule has 1 heterocycles. The number of nitrogens with one attached hydrogen (secondary N) is 1. The van der Waals surface area contributed by atoms with Crippen molar-refractivity contribution in [2.75, 3.05) is 53.5 Å². The number of ether oxygens (including phenoxy) is 2. The molecule has 1 aliphatic heterocycles. The molecule has 0 unspecified atom stereocenters. The van der Waals surface area contributed by atoms with Gasteiger partial charge in [0.1, 0.15) is 11.5 Å². The molecule has 1 saturated heterocycles. The summed E-state index contributed by atoms with van der Waals surface area (Å²) in [5, 5.41) is 3.01. The minimum absolute atomic E-state index is 0.0304. The fourth-order valence-electron chi connectivity index (χ4n) is 3.98. The van der Waals surface area contributed by atoms with Crippen molar-refractivity contribution in [1.29, 1.82) is 0 Å². The van der Waals surface area contributed by atoms with Gasteiger partial charge in [-0.15, -0.1) is 0 Å². The van der Waals surface area contributed by atoms with Gasteiger partial charge in [-0.1, -0.05) is 24.3 Å². The van der Waals surface area contributed by atoms with Crippen molar-refractivity contribution in [2.24, 2.45) is 0 Å². The summed E-state index contributed by atoms with van der Waals surface area (Å²) in [5.41, 5.74) is 2.29. The Balaban J connectivity index is 1.35. The first-order valence-corrected chi connectivity index (χ1v) is 11.6. The minimum atomic E-state index is 0.0304. The van der Waals surface area contributed by atoms with Gasteiger partial charge in [0.25, 0.3) is 0 Å². The second kappa shape index (κ2) is 12.8. The average molecular weight is 454 g/mol. The Labute approximate surface area is 196 Å². The van der Waals surface area contributed by atoms with Crippen LogP contribution in [0.3, 0.4) is 0 Å². The van der Waals surface area contributed by atoms with E-state index in [1.807, 2.05) is 53.4 Å². The van der Waals surface area contributed by atoms with E-state index < -0.39 is 0 Å². The monoisotopic (exact) mass is 453 g/mol. The highest BCUT2D eigenvalue weighted by Gasteiger charge is 2.20. The van der Waals surface area contributed by atoms with E-state index in [-0.39, 0.29) is 11.8 Å². The molecule has 3 rings (SSSR count). The number of carbonyl (C=O) groups excluding carboxylic acids is 2. The van der Waals surface area contributed by atoms with Crippen LogP contribution in [0.4, 0.5) is 0 Å². The number of nitrogens with zero attached hydrogens (tertiary/aromatic N) is 2. The van der Waals surface area contributed by atoms with Crippen molar-refractivity contribution >= 4 is 11.8 Å². The summed E-state index contributed by atoms with van der Waals surface area (Å²) in [6, 6.07) is 15.7. The van der Waals surface area contributed by atoms with E-state index in [9.17, 15) is 9.59 Å². The van der Waals surface area contributed by atoms with Gasteiger partial charge in [0.2, 0.25) is 11.8 Å². The van der Waals surface area contributed by atoms with Crippen LogP contribution in [0.5, 0.6) is 11.5 Å². The Kier molecular flexibility index (Phi) is 9.57. The Hall–Kier alpha value is -3.06. The SMILES string of the molecule is COc1ccc(CCNC(=O)CN2CCCN(C(=O)CCc3ccc(OC)cc3)CC2)cc1. The fraction of sp³-hybridized carbons (Fsp3) is 0.462. The van der Waals surface area contributed by atoms with Crippen molar-refractivity contribution in [3.8, 4) is 11.5 Å². The Morgan fingerprint density at radius 1 is 0.818 bits per heavy atom. The van der Waals surface area contributed by atoms with Gasteiger partial charge in [-0.3, -0.25) is 14.5 Å². The standard InChI is InChI=1S/C26H35N3O4/c1-32-23-9-4-21(5-10-23)8-13-26(31)29-17-3-16-28(18-19-29)20-25(30)27-15-14-22-6-11-24(33-2)12-7-22/h4-7,9-12H,3,8,13-20H2,1-2H3,(H,27,30). The first-order valence-electron chi connectivity index (χ1n) is 11.6. The van der Waals surface area contributed by atoms with E-state index in [2.05, 4.69) is 10.2 Å². The van der Waals surface area contributed by atoms with E-state index in [0.717, 1.165) is 61.5 Å². The van der Waals surface area contributed by atoms with Crippen LogP contribution in [0.1, 0.15) is 24.0 Å². The van der Waals surface area contributed by atoms with Crippen molar-refractivity contribution in [3.05, 3.63) is 59.7 Å². The maximum absolute atomic E-state index is 12.7. The van der Waals surface area contributed by atoms with Crippen molar-refractivity contribution in [1.82, 2.24) is 15.1 Å². The number of hydrogen-bond donors (Lipinski definition) is 1. The van der Waals surface area contributed by atoms with Crippen LogP contribution in [0, 0.1) is 0 Å². The zero-order valence-electron chi connectivity index (χ0n) is 19.7. The topological polar surface area (TPSA) is 71.1 Å². The van der Waals surface area contributed by atoms with E-state index in [0.29, 0.717) is 26.1 Å². The summed E-state index contributed by atoms with van der Waals surface area (Å²) < 4.78 is 10.3. The van der Waals surface area contributed by atoms with Crippen LogP contribution in [-0.2, 0) is 22.4 Å². The van der Waals surface area contributed by atoms with Crippen LogP contribution >= 0.6 is 0 Å². The van der Waals surface area contributed by atoms with Gasteiger partial charge >= 0.3 is 0 Å². The normalized spacial score (nSPS) is 14.4. The third kappa shape index (κ3) is 8.09. The van der Waals surface area contributed by atoms with Gasteiger partial charge in [0.15, 0.2) is 0 Å². The molecule has 1 N–H and O–H groups in total. The van der Waals surface area contributed by atoms with E-state index >= 15 is 0 Å². The number of methoxy groups -OCH3 is 2. The first kappa shape index (κ1) is 24.6. The number of amides is 2. The third-order valence-electron chi connectivity index (χ3n) is 5.99. The maximum atomic E-state index is 12.7. The minimum Gasteiger partial charge on any atom is -0.497 e. The molecule has 7 heteroatoms. The lowest BCUT2D eigenvalue weighted by molar-refractivity contribution is -0.131. The number of aryl methyl sites for hydroxylation is 1. The number of hydrogen-bond acceptors (Lipinski definition) is 5. The van der Waals surface area contributed by atoms with Gasteiger partial charge in [-0.25, -0.2) is 0 Å². The van der Waals surface area contributed by atoms with Crippen LogP contribution in [0.2, 0.25) is 0 Å². The number of carbonyl (C=O) groups is 2. The number of rotatable bonds is 10. The van der Waals surface area contributed by atoms with Gasteiger partial charge in [-0.05, 0) is 54.7 Å². The van der Waals surface area contributed by atoms with Crippen LogP contribution in [-0.4, -0.2) is 75.1 Å². The van der Waals surface area contributed by atoms with Gasteiger partial charge in [0, 0.05) is 39.1 Å². The predicted octanol–water partition coefficient (Wildman–Crippen LogP) is 2.53. The molecular weight excluding hydrogens is 418 g/mol. The Bertz CT molecular complexity index is 883. The molecule has 0 saturated carbocycles. The van der Waals surface area contributed by atoms with E-state index in [1.165, 1.54) is 0 Å². The summed E-state index contributed by atoms with van der Waals surface area (Å²) >= 11 is 0. The van der Waals surface area contributed by atoms with Crippen molar-refractivity contribution in [2.45, 2.75) is 25.7 Å². The second-order valence-corrected chi connectivity index (χ2v) is 8.31. The smallest absolute Gasteiger partial charge is 0.234 e. The lowest BCUT2D eigenvalue weighted by atomic mass is 10.1. The maximum Gasteiger partial charge on any atom is 0.234 e. The molecule has 0 bridgehead atoms. The molecule has 2 aromatic carbocycles. The molecular formula is C26H35N3O4. The zero-order chi connectivity index (χ0) is 23.5. The molecule has 7 nitrogen and oxygen atoms in total. The van der Waals surface area contributed by atoms with Gasteiger partial charge < -0.3 is 19.7 Å². The lowest BCUT2D eigenvalue weighted by Gasteiger charge is -2.22. The summed E-state index contributed by atoms with van der Waals surface area (Å²) in [7, 11) is 3.29. The quantitative estimate of drug-likeness (QED) is 0.599. The fourth-order valence-corrected chi connectivity index (χ4v) is 3.98. The summed E-state index contributed by atoms with van der Waals surface area (Å²) in [6.45, 7) is 3.94. The molecule has 0 spiro atoms. The van der Waals surface area contributed by atoms with Crippen LogP contribution < -0.4 is 14.8 Å². The second-order valence-electron chi connectivity index (χ2n) is 8.31. The third-order valence-corrected chi connectivity index (χ3v) is 5.99. The molecule has 0 aromatic heterocycles. The van der Waals surface area contributed by atoms with Crippen LogP contribution in [0.25, 0.3) is 0 Å². The molecule has 0 atom stereocenters. The van der Waals surface area contributed by atoms with Crippen molar-refractivity contribution in [3.63, 3.8) is 0 Å². The van der Waals surface area contributed by atoms with Gasteiger partial charge in [-0.2, -0.15) is 0 Å².